The first-order valence-corrected chi connectivity index (χ1v) is 8.04. The highest BCUT2D eigenvalue weighted by Gasteiger charge is 2.20. The minimum absolute atomic E-state index is 0.614. The van der Waals surface area contributed by atoms with Crippen LogP contribution in [0, 0.1) is 10.7 Å². The van der Waals surface area contributed by atoms with Gasteiger partial charge in [-0.25, -0.2) is 0 Å². The Bertz CT molecular complexity index is 672. The van der Waals surface area contributed by atoms with E-state index in [1.165, 1.54) is 30.8 Å². The van der Waals surface area contributed by atoms with E-state index in [2.05, 4.69) is 17.4 Å². The molecule has 1 aliphatic rings. The Kier molecular flexibility index (Phi) is 4.37. The quantitative estimate of drug-likeness (QED) is 0.874. The molecule has 1 fully saturated rings. The first-order valence-electron chi connectivity index (χ1n) is 7.26. The van der Waals surface area contributed by atoms with Gasteiger partial charge in [-0.2, -0.15) is 9.36 Å². The Balaban J connectivity index is 1.78. The molecule has 1 saturated heterocycles. The summed E-state index contributed by atoms with van der Waals surface area (Å²) in [6.07, 6.45) is 2.54. The molecule has 21 heavy (non-hydrogen) atoms. The molecule has 2 heterocycles. The predicted molar refractivity (Wildman–Crippen MR) is 84.3 cm³/mol. The van der Waals surface area contributed by atoms with Gasteiger partial charge in [0.25, 0.3) is 0 Å². The second-order valence-corrected chi connectivity index (χ2v) is 6.54. The molecule has 1 aliphatic heterocycles. The summed E-state index contributed by atoms with van der Waals surface area (Å²) >= 11 is 11.5. The molecule has 0 atom stereocenters. The molecule has 0 unspecified atom stereocenters. The molecule has 0 bridgehead atoms. The van der Waals surface area contributed by atoms with Crippen LogP contribution < -0.4 is 4.90 Å². The summed E-state index contributed by atoms with van der Waals surface area (Å²) in [5.41, 5.74) is 0.848. The number of piperidine rings is 1. The molecule has 0 radical (unpaired) electrons. The lowest BCUT2D eigenvalue weighted by molar-refractivity contribution is -0.929. The van der Waals surface area contributed by atoms with Crippen molar-refractivity contribution < 1.29 is 4.90 Å². The van der Waals surface area contributed by atoms with E-state index in [1.54, 1.807) is 4.68 Å². The highest BCUT2D eigenvalue weighted by molar-refractivity contribution is 7.71. The Morgan fingerprint density at radius 3 is 2.81 bits per heavy atom. The van der Waals surface area contributed by atoms with Crippen molar-refractivity contribution in [3.8, 4) is 5.69 Å². The maximum atomic E-state index is 6.02. The Hall–Kier alpha value is -1.24. The monoisotopic (exact) mass is 324 g/mol. The summed E-state index contributed by atoms with van der Waals surface area (Å²) in [6, 6.07) is 7.48. The van der Waals surface area contributed by atoms with Gasteiger partial charge < -0.3 is 4.90 Å². The predicted octanol–water partition coefficient (Wildman–Crippen LogP) is 1.72. The van der Waals surface area contributed by atoms with E-state index in [0.717, 1.165) is 18.3 Å². The summed E-state index contributed by atoms with van der Waals surface area (Å²) < 4.78 is 4.08. The van der Waals surface area contributed by atoms with Crippen molar-refractivity contribution in [2.75, 3.05) is 13.1 Å². The van der Waals surface area contributed by atoms with Crippen LogP contribution in [0.1, 0.15) is 19.8 Å². The molecule has 1 aromatic carbocycles. The first kappa shape index (κ1) is 14.7. The van der Waals surface area contributed by atoms with Crippen LogP contribution in [-0.2, 0) is 6.67 Å². The van der Waals surface area contributed by atoms with E-state index in [4.69, 9.17) is 23.8 Å². The SMILES string of the molecule is CC1CC[NH+](Cn2nnn(-c3cccc(Cl)c3)c2=S)CC1. The van der Waals surface area contributed by atoms with E-state index < -0.39 is 0 Å². The lowest BCUT2D eigenvalue weighted by Gasteiger charge is -2.26. The van der Waals surface area contributed by atoms with Gasteiger partial charge in [-0.15, -0.1) is 0 Å². The van der Waals surface area contributed by atoms with Crippen molar-refractivity contribution >= 4 is 23.8 Å². The lowest BCUT2D eigenvalue weighted by atomic mass is 10.00. The minimum atomic E-state index is 0.614. The fraction of sp³-hybridized carbons (Fsp3) is 0.500. The van der Waals surface area contributed by atoms with Gasteiger partial charge in [0.05, 0.1) is 18.8 Å². The summed E-state index contributed by atoms with van der Waals surface area (Å²) in [7, 11) is 0. The van der Waals surface area contributed by atoms with Gasteiger partial charge in [-0.05, 0) is 59.6 Å². The number of nitrogens with one attached hydrogen (secondary N) is 1. The van der Waals surface area contributed by atoms with Crippen molar-refractivity contribution in [1.29, 1.82) is 0 Å². The lowest BCUT2D eigenvalue weighted by Crippen LogP contribution is -3.12. The molecule has 5 nitrogen and oxygen atoms in total. The van der Waals surface area contributed by atoms with Gasteiger partial charge in [-0.1, -0.05) is 24.6 Å². The van der Waals surface area contributed by atoms with Crippen LogP contribution in [0.4, 0.5) is 0 Å². The van der Waals surface area contributed by atoms with E-state index >= 15 is 0 Å². The molecule has 0 saturated carbocycles. The molecule has 1 aromatic heterocycles. The van der Waals surface area contributed by atoms with E-state index in [0.29, 0.717) is 9.79 Å². The number of benzene rings is 1. The van der Waals surface area contributed by atoms with Gasteiger partial charge in [0, 0.05) is 5.02 Å². The minimum Gasteiger partial charge on any atom is -0.316 e. The topological polar surface area (TPSA) is 40.1 Å². The zero-order valence-corrected chi connectivity index (χ0v) is 13.6. The highest BCUT2D eigenvalue weighted by Crippen LogP contribution is 2.14. The van der Waals surface area contributed by atoms with Crippen molar-refractivity contribution in [3.63, 3.8) is 0 Å². The Morgan fingerprint density at radius 2 is 2.10 bits per heavy atom. The van der Waals surface area contributed by atoms with Crippen molar-refractivity contribution in [3.05, 3.63) is 34.1 Å². The first-order chi connectivity index (χ1) is 10.1. The number of nitrogens with zero attached hydrogens (tertiary/aromatic N) is 4. The molecular weight excluding hydrogens is 306 g/mol. The van der Waals surface area contributed by atoms with E-state index in [1.807, 2.05) is 28.9 Å². The number of halogens is 1. The summed E-state index contributed by atoms with van der Waals surface area (Å²) in [4.78, 5) is 1.52. The average molecular weight is 325 g/mol. The molecule has 1 N–H and O–H groups in total. The van der Waals surface area contributed by atoms with Crippen LogP contribution in [-0.4, -0.2) is 32.9 Å². The van der Waals surface area contributed by atoms with E-state index in [-0.39, 0.29) is 0 Å². The molecule has 0 aliphatic carbocycles. The maximum absolute atomic E-state index is 6.02. The van der Waals surface area contributed by atoms with Gasteiger partial charge in [0.15, 0.2) is 6.67 Å². The highest BCUT2D eigenvalue weighted by atomic mass is 35.5. The van der Waals surface area contributed by atoms with Crippen LogP contribution in [0.15, 0.2) is 24.3 Å². The largest absolute Gasteiger partial charge is 0.316 e. The summed E-state index contributed by atoms with van der Waals surface area (Å²) in [6.45, 7) is 5.45. The van der Waals surface area contributed by atoms with Crippen LogP contribution >= 0.6 is 23.8 Å². The average Bonchev–Trinajstić information content (AvgIpc) is 2.83. The summed E-state index contributed by atoms with van der Waals surface area (Å²) in [5.74, 6) is 0.837. The summed E-state index contributed by atoms with van der Waals surface area (Å²) in [5, 5.41) is 9.02. The Labute approximate surface area is 134 Å². The third kappa shape index (κ3) is 3.33. The molecule has 112 valence electrons. The number of hydrogen-bond acceptors (Lipinski definition) is 3. The fourth-order valence-electron chi connectivity index (χ4n) is 2.68. The third-order valence-corrected chi connectivity index (χ3v) is 4.67. The van der Waals surface area contributed by atoms with Crippen LogP contribution in [0.3, 0.4) is 0 Å². The smallest absolute Gasteiger partial charge is 0.225 e. The fourth-order valence-corrected chi connectivity index (χ4v) is 3.11. The number of likely N-dealkylation sites (tertiary alicyclic amines) is 1. The number of tetrazole rings is 1. The zero-order valence-electron chi connectivity index (χ0n) is 12.0. The third-order valence-electron chi connectivity index (χ3n) is 4.05. The molecule has 3 rings (SSSR count). The molecular formula is C14H19ClN5S+. The second-order valence-electron chi connectivity index (χ2n) is 5.74. The molecule has 0 amide bonds. The normalized spacial score (nSPS) is 22.4. The number of hydrogen-bond donors (Lipinski definition) is 1. The zero-order chi connectivity index (χ0) is 14.8. The van der Waals surface area contributed by atoms with Crippen LogP contribution in [0.25, 0.3) is 5.69 Å². The van der Waals surface area contributed by atoms with Crippen LogP contribution in [0.5, 0.6) is 0 Å². The molecule has 2 aromatic rings. The van der Waals surface area contributed by atoms with Crippen LogP contribution in [0.2, 0.25) is 5.02 Å². The number of aromatic nitrogens is 4. The number of rotatable bonds is 3. The van der Waals surface area contributed by atoms with Gasteiger partial charge in [0.1, 0.15) is 0 Å². The van der Waals surface area contributed by atoms with Crippen molar-refractivity contribution in [2.45, 2.75) is 26.4 Å². The standard InChI is InChI=1S/C14H18ClN5S/c1-11-5-7-18(8-6-11)10-19-14(21)20(17-16-19)13-4-2-3-12(15)9-13/h2-4,9,11H,5-8,10H2,1H3/p+1. The number of quaternary nitrogens is 1. The van der Waals surface area contributed by atoms with Gasteiger partial charge >= 0.3 is 0 Å². The van der Waals surface area contributed by atoms with Gasteiger partial charge in [0.2, 0.25) is 4.77 Å². The molecule has 7 heteroatoms. The molecule has 0 spiro atoms. The van der Waals surface area contributed by atoms with Crippen molar-refractivity contribution in [2.24, 2.45) is 5.92 Å². The van der Waals surface area contributed by atoms with Crippen molar-refractivity contribution in [1.82, 2.24) is 19.8 Å². The second kappa shape index (κ2) is 6.25. The maximum Gasteiger partial charge on any atom is 0.225 e. The van der Waals surface area contributed by atoms with Gasteiger partial charge in [-0.3, -0.25) is 0 Å². The van der Waals surface area contributed by atoms with E-state index in [9.17, 15) is 0 Å². The Morgan fingerprint density at radius 1 is 1.33 bits per heavy atom.